The summed E-state index contributed by atoms with van der Waals surface area (Å²) in [6, 6.07) is 5.64. The highest BCUT2D eigenvalue weighted by atomic mass is 16.6. The average molecular weight is 263 g/mol. The van der Waals surface area contributed by atoms with Crippen LogP contribution in [0.15, 0.2) is 29.4 Å². The Morgan fingerprint density at radius 3 is 2.95 bits per heavy atom. The molecule has 1 atom stereocenters. The van der Waals surface area contributed by atoms with Gasteiger partial charge in [0.05, 0.1) is 17.2 Å². The Bertz CT molecular complexity index is 476. The normalized spacial score (nSPS) is 22.7. The third-order valence-corrected chi connectivity index (χ3v) is 3.17. The van der Waals surface area contributed by atoms with E-state index in [0.29, 0.717) is 19.5 Å². The van der Waals surface area contributed by atoms with Crippen LogP contribution >= 0.6 is 0 Å². The number of rotatable bonds is 3. The molecule has 1 fully saturated rings. The van der Waals surface area contributed by atoms with Crippen molar-refractivity contribution < 1.29 is 4.92 Å². The third kappa shape index (κ3) is 3.05. The minimum atomic E-state index is -0.837. The average Bonchev–Trinajstić information content (AvgIpc) is 2.38. The molecule has 1 saturated heterocycles. The number of hydrogen-bond acceptors (Lipinski definition) is 5. The number of aromatic nitrogens is 1. The number of nitrogens with zero attached hydrogens (tertiary/aromatic N) is 5. The van der Waals surface area contributed by atoms with Crippen molar-refractivity contribution in [2.75, 3.05) is 20.6 Å². The predicted molar refractivity (Wildman–Crippen MR) is 71.2 cm³/mol. The smallest absolute Gasteiger partial charge is 0.287 e. The van der Waals surface area contributed by atoms with Crippen molar-refractivity contribution in [2.45, 2.75) is 19.3 Å². The van der Waals surface area contributed by atoms with Crippen molar-refractivity contribution in [3.63, 3.8) is 0 Å². The molecule has 0 aromatic carbocycles. The second-order valence-corrected chi connectivity index (χ2v) is 4.53. The van der Waals surface area contributed by atoms with Gasteiger partial charge >= 0.3 is 6.29 Å². The molecule has 0 saturated carbocycles. The van der Waals surface area contributed by atoms with Crippen molar-refractivity contribution in [2.24, 2.45) is 4.99 Å². The highest BCUT2D eigenvalue weighted by molar-refractivity contribution is 5.83. The van der Waals surface area contributed by atoms with Crippen molar-refractivity contribution in [3.8, 4) is 0 Å². The molecule has 7 nitrogen and oxygen atoms in total. The summed E-state index contributed by atoms with van der Waals surface area (Å²) in [7, 11) is 3.46. The Hall–Kier alpha value is -2.02. The minimum absolute atomic E-state index is 0.296. The summed E-state index contributed by atoms with van der Waals surface area (Å²) >= 11 is 0. The van der Waals surface area contributed by atoms with E-state index in [1.54, 1.807) is 30.1 Å². The molecule has 0 radical (unpaired) electrons. The summed E-state index contributed by atoms with van der Waals surface area (Å²) in [4.78, 5) is 22.7. The molecule has 2 rings (SSSR count). The van der Waals surface area contributed by atoms with Gasteiger partial charge < -0.3 is 0 Å². The maximum absolute atomic E-state index is 11.0. The maximum atomic E-state index is 11.0. The SMILES string of the molecule is CN1CCC(=NCc2ccccn2)N(C)C1[N+](=O)[O-]. The molecule has 0 bridgehead atoms. The second-order valence-electron chi connectivity index (χ2n) is 4.53. The quantitative estimate of drug-likeness (QED) is 0.596. The molecule has 1 aromatic rings. The van der Waals surface area contributed by atoms with Crippen LogP contribution < -0.4 is 0 Å². The fraction of sp³-hybridized carbons (Fsp3) is 0.500. The highest BCUT2D eigenvalue weighted by Crippen LogP contribution is 2.14. The molecular formula is C12H17N5O2. The van der Waals surface area contributed by atoms with Gasteiger partial charge in [-0.15, -0.1) is 0 Å². The van der Waals surface area contributed by atoms with E-state index in [1.807, 2.05) is 18.2 Å². The van der Waals surface area contributed by atoms with Crippen molar-refractivity contribution in [1.82, 2.24) is 14.8 Å². The van der Waals surface area contributed by atoms with Gasteiger partial charge in [0.2, 0.25) is 0 Å². The first-order chi connectivity index (χ1) is 9.09. The molecule has 1 unspecified atom stereocenters. The Labute approximate surface area is 111 Å². The van der Waals surface area contributed by atoms with Gasteiger partial charge in [0.1, 0.15) is 5.84 Å². The van der Waals surface area contributed by atoms with Gasteiger partial charge in [-0.3, -0.25) is 25.0 Å². The lowest BCUT2D eigenvalue weighted by Crippen LogP contribution is -2.56. The number of hydrogen-bond donors (Lipinski definition) is 0. The zero-order valence-electron chi connectivity index (χ0n) is 11.1. The topological polar surface area (TPSA) is 74.9 Å². The monoisotopic (exact) mass is 263 g/mol. The summed E-state index contributed by atoms with van der Waals surface area (Å²) in [5.41, 5.74) is 0.861. The molecular weight excluding hydrogens is 246 g/mol. The zero-order valence-corrected chi connectivity index (χ0v) is 11.1. The van der Waals surface area contributed by atoms with E-state index in [0.717, 1.165) is 11.5 Å². The Kier molecular flexibility index (Phi) is 4.06. The van der Waals surface area contributed by atoms with E-state index in [9.17, 15) is 10.1 Å². The van der Waals surface area contributed by atoms with Crippen molar-refractivity contribution in [1.29, 1.82) is 0 Å². The van der Waals surface area contributed by atoms with Crippen LogP contribution in [-0.4, -0.2) is 52.5 Å². The molecule has 19 heavy (non-hydrogen) atoms. The lowest BCUT2D eigenvalue weighted by atomic mass is 10.2. The number of aliphatic imine (C=N–C) groups is 1. The standard InChI is InChI=1S/C12H17N5O2/c1-15-8-6-11(16(2)12(15)17(18)19)14-9-10-5-3-4-7-13-10/h3-5,7,12H,6,8-9H2,1-2H3. The first-order valence-corrected chi connectivity index (χ1v) is 6.09. The lowest BCUT2D eigenvalue weighted by Gasteiger charge is -2.35. The Morgan fingerprint density at radius 1 is 1.53 bits per heavy atom. The van der Waals surface area contributed by atoms with Gasteiger partial charge in [0.25, 0.3) is 0 Å². The molecule has 2 heterocycles. The lowest BCUT2D eigenvalue weighted by molar-refractivity contribution is -0.573. The van der Waals surface area contributed by atoms with Crippen molar-refractivity contribution >= 4 is 5.84 Å². The van der Waals surface area contributed by atoms with Gasteiger partial charge in [0, 0.05) is 26.2 Å². The molecule has 0 N–H and O–H groups in total. The molecule has 1 aliphatic rings. The summed E-state index contributed by atoms with van der Waals surface area (Å²) in [5.74, 6) is 0.755. The van der Waals surface area contributed by atoms with E-state index in [1.165, 1.54) is 0 Å². The molecule has 0 amide bonds. The zero-order chi connectivity index (χ0) is 13.8. The van der Waals surface area contributed by atoms with E-state index in [-0.39, 0.29) is 4.92 Å². The Morgan fingerprint density at radius 2 is 2.32 bits per heavy atom. The van der Waals surface area contributed by atoms with Gasteiger partial charge in [-0.05, 0) is 19.2 Å². The van der Waals surface area contributed by atoms with Crippen LogP contribution in [0.25, 0.3) is 0 Å². The van der Waals surface area contributed by atoms with Gasteiger partial charge in [-0.1, -0.05) is 6.07 Å². The van der Waals surface area contributed by atoms with E-state index >= 15 is 0 Å². The van der Waals surface area contributed by atoms with E-state index in [2.05, 4.69) is 9.98 Å². The van der Waals surface area contributed by atoms with Crippen LogP contribution in [-0.2, 0) is 6.54 Å². The first-order valence-electron chi connectivity index (χ1n) is 6.09. The molecule has 0 spiro atoms. The van der Waals surface area contributed by atoms with E-state index < -0.39 is 6.29 Å². The second kappa shape index (κ2) is 5.75. The fourth-order valence-electron chi connectivity index (χ4n) is 2.15. The van der Waals surface area contributed by atoms with Gasteiger partial charge in [-0.25, -0.2) is 4.90 Å². The molecule has 7 heteroatoms. The first kappa shape index (κ1) is 13.4. The predicted octanol–water partition coefficient (Wildman–Crippen LogP) is 0.808. The van der Waals surface area contributed by atoms with Crippen LogP contribution in [0.1, 0.15) is 12.1 Å². The van der Waals surface area contributed by atoms with Crippen LogP contribution in [0, 0.1) is 10.1 Å². The molecule has 1 aliphatic heterocycles. The summed E-state index contributed by atoms with van der Waals surface area (Å²) < 4.78 is 0. The third-order valence-electron chi connectivity index (χ3n) is 3.17. The Balaban J connectivity index is 2.10. The summed E-state index contributed by atoms with van der Waals surface area (Å²) in [5, 5.41) is 11.0. The van der Waals surface area contributed by atoms with Gasteiger partial charge in [0.15, 0.2) is 0 Å². The minimum Gasteiger partial charge on any atom is -0.287 e. The van der Waals surface area contributed by atoms with Gasteiger partial charge in [-0.2, -0.15) is 0 Å². The largest absolute Gasteiger partial charge is 0.348 e. The van der Waals surface area contributed by atoms with Crippen LogP contribution in [0.3, 0.4) is 0 Å². The molecule has 1 aromatic heterocycles. The van der Waals surface area contributed by atoms with Crippen LogP contribution in [0.5, 0.6) is 0 Å². The molecule has 102 valence electrons. The number of amidine groups is 1. The summed E-state index contributed by atoms with van der Waals surface area (Å²) in [6.45, 7) is 1.09. The highest BCUT2D eigenvalue weighted by Gasteiger charge is 2.36. The maximum Gasteiger partial charge on any atom is 0.348 e. The number of nitro groups is 1. The summed E-state index contributed by atoms with van der Waals surface area (Å²) in [6.07, 6.45) is 1.59. The fourth-order valence-corrected chi connectivity index (χ4v) is 2.15. The van der Waals surface area contributed by atoms with Crippen molar-refractivity contribution in [3.05, 3.63) is 40.2 Å². The molecule has 0 aliphatic carbocycles. The number of pyridine rings is 1. The van der Waals surface area contributed by atoms with Crippen LogP contribution in [0.2, 0.25) is 0 Å². The van der Waals surface area contributed by atoms with E-state index in [4.69, 9.17) is 0 Å². The van der Waals surface area contributed by atoms with Crippen LogP contribution in [0.4, 0.5) is 0 Å².